The van der Waals surface area contributed by atoms with Gasteiger partial charge in [0.25, 0.3) is 0 Å². The topological polar surface area (TPSA) is 83.1 Å². The van der Waals surface area contributed by atoms with Crippen molar-refractivity contribution < 1.29 is 4.79 Å². The smallest absolute Gasteiger partial charge is 0.238 e. The number of benzene rings is 1. The van der Waals surface area contributed by atoms with E-state index in [9.17, 15) is 4.79 Å². The van der Waals surface area contributed by atoms with Crippen LogP contribution in [0.3, 0.4) is 0 Å². The average molecular weight is 360 g/mol. The lowest BCUT2D eigenvalue weighted by Gasteiger charge is -2.05. The fraction of sp³-hybridized carbons (Fsp3) is 0.125. The summed E-state index contributed by atoms with van der Waals surface area (Å²) in [6, 6.07) is 7.25. The van der Waals surface area contributed by atoms with E-state index in [1.54, 1.807) is 22.8 Å². The van der Waals surface area contributed by atoms with Crippen LogP contribution in [0.1, 0.15) is 17.5 Å². The fourth-order valence-electron chi connectivity index (χ4n) is 2.24. The van der Waals surface area contributed by atoms with Crippen molar-refractivity contribution in [1.82, 2.24) is 14.6 Å². The summed E-state index contributed by atoms with van der Waals surface area (Å²) in [5.74, 6) is -0.394. The molecule has 1 aromatic carbocycles. The van der Waals surface area contributed by atoms with Gasteiger partial charge in [-0.3, -0.25) is 4.79 Å². The third kappa shape index (κ3) is 3.48. The zero-order valence-corrected chi connectivity index (χ0v) is 13.8. The Bertz CT molecular complexity index is 961. The molecule has 3 aromatic rings. The maximum atomic E-state index is 11.5. The Balaban J connectivity index is 1.83. The Kier molecular flexibility index (Phi) is 4.65. The quantitative estimate of drug-likeness (QED) is 0.772. The van der Waals surface area contributed by atoms with Crippen molar-refractivity contribution in [3.63, 3.8) is 0 Å². The lowest BCUT2D eigenvalue weighted by Crippen LogP contribution is -2.10. The number of aromatic nitrogens is 3. The van der Waals surface area contributed by atoms with Crippen molar-refractivity contribution in [2.75, 3.05) is 5.32 Å². The first kappa shape index (κ1) is 16.2. The molecule has 0 aliphatic heterocycles. The number of fused-ring (bicyclic) bond motifs is 1. The highest BCUT2D eigenvalue weighted by Gasteiger charge is 2.10. The van der Waals surface area contributed by atoms with Gasteiger partial charge in [-0.1, -0.05) is 29.3 Å². The van der Waals surface area contributed by atoms with Crippen LogP contribution in [0, 0.1) is 11.3 Å². The van der Waals surface area contributed by atoms with Crippen molar-refractivity contribution in [3.05, 3.63) is 58.0 Å². The zero-order valence-electron chi connectivity index (χ0n) is 12.3. The minimum absolute atomic E-state index is 0.216. The molecule has 0 radical (unpaired) electrons. The SMILES string of the molecule is N#CCC(=O)Nc1cnn2cc(Cc3ccc(Cl)c(Cl)c3)cnc12. The largest absolute Gasteiger partial charge is 0.321 e. The molecule has 6 nitrogen and oxygen atoms in total. The molecule has 8 heteroatoms. The summed E-state index contributed by atoms with van der Waals surface area (Å²) in [6.07, 6.45) is 5.44. The van der Waals surface area contributed by atoms with Gasteiger partial charge in [0, 0.05) is 18.8 Å². The molecule has 0 bridgehead atoms. The molecule has 2 aromatic heterocycles. The first-order valence-corrected chi connectivity index (χ1v) is 7.75. The predicted octanol–water partition coefficient (Wildman–Crippen LogP) is 3.48. The molecule has 0 unspecified atom stereocenters. The number of hydrogen-bond donors (Lipinski definition) is 1. The van der Waals surface area contributed by atoms with Crippen LogP contribution < -0.4 is 5.32 Å². The number of carbonyl (C=O) groups excluding carboxylic acids is 1. The standard InChI is InChI=1S/C16H11Cl2N5O/c17-12-2-1-10(6-13(12)18)5-11-7-20-16-14(8-21-23(16)9-11)22-15(24)3-4-19/h1-2,6-9H,3,5H2,(H,22,24). The molecule has 0 atom stereocenters. The third-order valence-corrected chi connectivity index (χ3v) is 4.05. The van der Waals surface area contributed by atoms with Gasteiger partial charge in [-0.05, 0) is 23.3 Å². The van der Waals surface area contributed by atoms with Crippen LogP contribution in [-0.4, -0.2) is 20.5 Å². The molecule has 0 aliphatic carbocycles. The van der Waals surface area contributed by atoms with Crippen molar-refractivity contribution in [1.29, 1.82) is 5.26 Å². The highest BCUT2D eigenvalue weighted by molar-refractivity contribution is 6.42. The van der Waals surface area contributed by atoms with Crippen LogP contribution in [0.5, 0.6) is 0 Å². The number of carbonyl (C=O) groups is 1. The molecule has 0 spiro atoms. The first-order chi connectivity index (χ1) is 11.6. The minimum Gasteiger partial charge on any atom is -0.321 e. The number of amides is 1. The highest BCUT2D eigenvalue weighted by atomic mass is 35.5. The van der Waals surface area contributed by atoms with Crippen LogP contribution >= 0.6 is 23.2 Å². The van der Waals surface area contributed by atoms with E-state index in [0.717, 1.165) is 11.1 Å². The van der Waals surface area contributed by atoms with E-state index in [-0.39, 0.29) is 6.42 Å². The Labute approximate surface area is 147 Å². The highest BCUT2D eigenvalue weighted by Crippen LogP contribution is 2.24. The third-order valence-electron chi connectivity index (χ3n) is 3.32. The van der Waals surface area contributed by atoms with Gasteiger partial charge >= 0.3 is 0 Å². The monoisotopic (exact) mass is 359 g/mol. The van der Waals surface area contributed by atoms with E-state index in [1.165, 1.54) is 6.20 Å². The molecule has 3 rings (SSSR count). The predicted molar refractivity (Wildman–Crippen MR) is 91.1 cm³/mol. The molecule has 1 N–H and O–H groups in total. The molecule has 0 aliphatic rings. The van der Waals surface area contributed by atoms with E-state index in [2.05, 4.69) is 15.4 Å². The minimum atomic E-state index is -0.394. The second kappa shape index (κ2) is 6.87. The van der Waals surface area contributed by atoms with Crippen LogP contribution in [0.15, 0.2) is 36.8 Å². The zero-order chi connectivity index (χ0) is 17.1. The Morgan fingerprint density at radius 2 is 2.08 bits per heavy atom. The lowest BCUT2D eigenvalue weighted by molar-refractivity contribution is -0.115. The van der Waals surface area contributed by atoms with Gasteiger partial charge in [-0.2, -0.15) is 10.4 Å². The molecule has 1 amide bonds. The number of nitrogens with zero attached hydrogens (tertiary/aromatic N) is 4. The normalized spacial score (nSPS) is 10.5. The number of anilines is 1. The van der Waals surface area contributed by atoms with E-state index in [1.807, 2.05) is 18.3 Å². The number of hydrogen-bond acceptors (Lipinski definition) is 4. The number of rotatable bonds is 4. The van der Waals surface area contributed by atoms with E-state index < -0.39 is 5.91 Å². The summed E-state index contributed by atoms with van der Waals surface area (Å²) in [7, 11) is 0. The number of nitriles is 1. The molecule has 0 saturated heterocycles. The second-order valence-electron chi connectivity index (χ2n) is 5.10. The lowest BCUT2D eigenvalue weighted by atomic mass is 10.1. The molecule has 24 heavy (non-hydrogen) atoms. The average Bonchev–Trinajstić information content (AvgIpc) is 2.93. The number of halogens is 2. The Morgan fingerprint density at radius 3 is 2.83 bits per heavy atom. The van der Waals surface area contributed by atoms with Gasteiger partial charge in [0.2, 0.25) is 5.91 Å². The van der Waals surface area contributed by atoms with Crippen molar-refractivity contribution in [2.45, 2.75) is 12.8 Å². The van der Waals surface area contributed by atoms with Gasteiger partial charge in [-0.15, -0.1) is 0 Å². The summed E-state index contributed by atoms with van der Waals surface area (Å²) in [6.45, 7) is 0. The first-order valence-electron chi connectivity index (χ1n) is 7.00. The Morgan fingerprint density at radius 1 is 1.25 bits per heavy atom. The Hall–Kier alpha value is -2.62. The van der Waals surface area contributed by atoms with Crippen LogP contribution in [0.2, 0.25) is 10.0 Å². The maximum absolute atomic E-state index is 11.5. The summed E-state index contributed by atoms with van der Waals surface area (Å²) in [4.78, 5) is 15.8. The molecule has 0 fully saturated rings. The number of nitrogens with one attached hydrogen (secondary N) is 1. The van der Waals surface area contributed by atoms with Crippen molar-refractivity contribution in [3.8, 4) is 6.07 Å². The van der Waals surface area contributed by atoms with Crippen molar-refractivity contribution >= 4 is 40.4 Å². The van der Waals surface area contributed by atoms with E-state index in [4.69, 9.17) is 28.5 Å². The van der Waals surface area contributed by atoms with Crippen LogP contribution in [0.4, 0.5) is 5.69 Å². The van der Waals surface area contributed by atoms with E-state index in [0.29, 0.717) is 27.8 Å². The summed E-state index contributed by atoms with van der Waals surface area (Å²) in [5.41, 5.74) is 2.91. The molecular formula is C16H11Cl2N5O. The maximum Gasteiger partial charge on any atom is 0.238 e. The van der Waals surface area contributed by atoms with Gasteiger partial charge in [-0.25, -0.2) is 9.50 Å². The van der Waals surface area contributed by atoms with Crippen LogP contribution in [-0.2, 0) is 11.2 Å². The molecule has 0 saturated carbocycles. The summed E-state index contributed by atoms with van der Waals surface area (Å²) < 4.78 is 1.58. The molecular weight excluding hydrogens is 349 g/mol. The fourth-order valence-corrected chi connectivity index (χ4v) is 2.57. The summed E-state index contributed by atoms with van der Waals surface area (Å²) >= 11 is 11.9. The van der Waals surface area contributed by atoms with Crippen molar-refractivity contribution in [2.24, 2.45) is 0 Å². The summed E-state index contributed by atoms with van der Waals surface area (Å²) in [5, 5.41) is 16.3. The van der Waals surface area contributed by atoms with Gasteiger partial charge in [0.1, 0.15) is 12.1 Å². The molecule has 2 heterocycles. The van der Waals surface area contributed by atoms with Gasteiger partial charge < -0.3 is 5.32 Å². The van der Waals surface area contributed by atoms with E-state index >= 15 is 0 Å². The molecule has 120 valence electrons. The van der Waals surface area contributed by atoms with Crippen LogP contribution in [0.25, 0.3) is 5.65 Å². The second-order valence-corrected chi connectivity index (χ2v) is 5.91. The van der Waals surface area contributed by atoms with Gasteiger partial charge in [0.05, 0.1) is 22.3 Å². The van der Waals surface area contributed by atoms with Gasteiger partial charge in [0.15, 0.2) is 5.65 Å².